The molecule has 0 spiro atoms. The lowest BCUT2D eigenvalue weighted by molar-refractivity contribution is 0.287. The van der Waals surface area contributed by atoms with Gasteiger partial charge in [0.15, 0.2) is 0 Å². The summed E-state index contributed by atoms with van der Waals surface area (Å²) >= 11 is 0. The van der Waals surface area contributed by atoms with Crippen LogP contribution in [0.1, 0.15) is 39.5 Å². The van der Waals surface area contributed by atoms with E-state index in [1.807, 2.05) is 0 Å². The quantitative estimate of drug-likeness (QED) is 0.648. The molecule has 0 unspecified atom stereocenters. The molecule has 0 radical (unpaired) electrons. The van der Waals surface area contributed by atoms with Gasteiger partial charge < -0.3 is 0 Å². The largest absolute Gasteiger partial charge is 0.243 e. The molecular formula is C24H32N2O4S2. The molecule has 6 nitrogen and oxygen atoms in total. The molecule has 2 aromatic carbocycles. The molecule has 0 amide bonds. The third kappa shape index (κ3) is 4.78. The summed E-state index contributed by atoms with van der Waals surface area (Å²) in [4.78, 5) is 0.601. The van der Waals surface area contributed by atoms with Crippen LogP contribution in [-0.2, 0) is 20.0 Å². The second-order valence-electron chi connectivity index (χ2n) is 9.22. The van der Waals surface area contributed by atoms with Crippen molar-refractivity contribution in [3.63, 3.8) is 0 Å². The fourth-order valence-electron chi connectivity index (χ4n) is 4.39. The van der Waals surface area contributed by atoms with Crippen LogP contribution in [0.2, 0.25) is 0 Å². The van der Waals surface area contributed by atoms with Crippen molar-refractivity contribution in [3.05, 3.63) is 48.5 Å². The van der Waals surface area contributed by atoms with Gasteiger partial charge in [0.25, 0.3) is 0 Å². The summed E-state index contributed by atoms with van der Waals surface area (Å²) in [5.41, 5.74) is 1.71. The minimum absolute atomic E-state index is 0.300. The number of rotatable bonds is 5. The van der Waals surface area contributed by atoms with E-state index < -0.39 is 20.0 Å². The Bertz CT molecular complexity index is 1030. The van der Waals surface area contributed by atoms with Crippen molar-refractivity contribution in [1.82, 2.24) is 8.61 Å². The standard InChI is InChI=1S/C24H32N2O4S2/c1-19-11-15-25(16-12-19)31(27,28)23-7-3-21(4-8-23)22-5-9-24(10-6-22)32(29,30)26-17-13-20(2)14-18-26/h3-10,19-20H,11-18H2,1-2H3. The Hall–Kier alpha value is -1.74. The molecule has 2 aromatic rings. The lowest BCUT2D eigenvalue weighted by Crippen LogP contribution is -2.37. The van der Waals surface area contributed by atoms with Gasteiger partial charge in [0.2, 0.25) is 20.0 Å². The Balaban J connectivity index is 1.49. The normalized spacial score (nSPS) is 20.4. The van der Waals surface area contributed by atoms with E-state index in [-0.39, 0.29) is 0 Å². The molecule has 32 heavy (non-hydrogen) atoms. The molecule has 8 heteroatoms. The van der Waals surface area contributed by atoms with Crippen molar-refractivity contribution < 1.29 is 16.8 Å². The minimum Gasteiger partial charge on any atom is -0.207 e. The lowest BCUT2D eigenvalue weighted by Gasteiger charge is -2.29. The maximum atomic E-state index is 12.9. The monoisotopic (exact) mass is 476 g/mol. The van der Waals surface area contributed by atoms with Crippen molar-refractivity contribution in [2.24, 2.45) is 11.8 Å². The highest BCUT2D eigenvalue weighted by Gasteiger charge is 2.29. The summed E-state index contributed by atoms with van der Waals surface area (Å²) < 4.78 is 54.8. The van der Waals surface area contributed by atoms with Gasteiger partial charge in [-0.25, -0.2) is 16.8 Å². The molecule has 2 fully saturated rings. The smallest absolute Gasteiger partial charge is 0.207 e. The average Bonchev–Trinajstić information content (AvgIpc) is 2.80. The lowest BCUT2D eigenvalue weighted by atomic mass is 10.0. The highest BCUT2D eigenvalue weighted by atomic mass is 32.2. The van der Waals surface area contributed by atoms with Crippen LogP contribution in [0.4, 0.5) is 0 Å². The summed E-state index contributed by atoms with van der Waals surface area (Å²) in [6.45, 7) is 6.58. The van der Waals surface area contributed by atoms with E-state index in [4.69, 9.17) is 0 Å². The molecule has 0 atom stereocenters. The van der Waals surface area contributed by atoms with Gasteiger partial charge in [0.1, 0.15) is 0 Å². The summed E-state index contributed by atoms with van der Waals surface area (Å²) in [5.74, 6) is 1.13. The molecule has 2 heterocycles. The molecule has 2 saturated heterocycles. The Morgan fingerprint density at radius 2 is 0.844 bits per heavy atom. The molecule has 0 bridgehead atoms. The van der Waals surface area contributed by atoms with E-state index in [9.17, 15) is 16.8 Å². The topological polar surface area (TPSA) is 74.8 Å². The maximum absolute atomic E-state index is 12.9. The van der Waals surface area contributed by atoms with Crippen molar-refractivity contribution in [1.29, 1.82) is 0 Å². The first-order valence-electron chi connectivity index (χ1n) is 11.4. The minimum atomic E-state index is -3.48. The highest BCUT2D eigenvalue weighted by molar-refractivity contribution is 7.89. The molecule has 4 rings (SSSR count). The van der Waals surface area contributed by atoms with Gasteiger partial charge in [-0.2, -0.15) is 8.61 Å². The fourth-order valence-corrected chi connectivity index (χ4v) is 7.33. The van der Waals surface area contributed by atoms with Gasteiger partial charge in [0, 0.05) is 26.2 Å². The van der Waals surface area contributed by atoms with E-state index in [0.29, 0.717) is 47.8 Å². The molecule has 0 aliphatic carbocycles. The average molecular weight is 477 g/mol. The van der Waals surface area contributed by atoms with E-state index in [2.05, 4.69) is 13.8 Å². The molecule has 2 aliphatic rings. The van der Waals surface area contributed by atoms with Crippen LogP contribution in [0.5, 0.6) is 0 Å². The zero-order valence-electron chi connectivity index (χ0n) is 18.8. The first-order chi connectivity index (χ1) is 15.2. The van der Waals surface area contributed by atoms with E-state index in [1.54, 1.807) is 57.1 Å². The summed E-state index contributed by atoms with van der Waals surface area (Å²) in [5, 5.41) is 0. The predicted octanol–water partition coefficient (Wildman–Crippen LogP) is 4.19. The molecule has 0 aromatic heterocycles. The second-order valence-corrected chi connectivity index (χ2v) is 13.1. The van der Waals surface area contributed by atoms with Crippen LogP contribution in [0.15, 0.2) is 58.3 Å². The van der Waals surface area contributed by atoms with E-state index in [0.717, 1.165) is 36.8 Å². The zero-order chi connectivity index (χ0) is 22.9. The highest BCUT2D eigenvalue weighted by Crippen LogP contribution is 2.28. The SMILES string of the molecule is CC1CCN(S(=O)(=O)c2ccc(-c3ccc(S(=O)(=O)N4CCC(C)CC4)cc3)cc2)CC1. The zero-order valence-corrected chi connectivity index (χ0v) is 20.4. The molecular weight excluding hydrogens is 444 g/mol. The van der Waals surface area contributed by atoms with Crippen LogP contribution >= 0.6 is 0 Å². The number of hydrogen-bond acceptors (Lipinski definition) is 4. The van der Waals surface area contributed by atoms with E-state index >= 15 is 0 Å². The van der Waals surface area contributed by atoms with E-state index in [1.165, 1.54) is 0 Å². The van der Waals surface area contributed by atoms with Gasteiger partial charge in [-0.3, -0.25) is 0 Å². The van der Waals surface area contributed by atoms with Gasteiger partial charge >= 0.3 is 0 Å². The van der Waals surface area contributed by atoms with Crippen LogP contribution in [0.25, 0.3) is 11.1 Å². The third-order valence-electron chi connectivity index (χ3n) is 6.80. The van der Waals surface area contributed by atoms with Crippen LogP contribution < -0.4 is 0 Å². The Morgan fingerprint density at radius 3 is 1.12 bits per heavy atom. The predicted molar refractivity (Wildman–Crippen MR) is 126 cm³/mol. The molecule has 174 valence electrons. The first kappa shape index (κ1) is 23.4. The number of piperidine rings is 2. The summed E-state index contributed by atoms with van der Waals surface area (Å²) in [6.07, 6.45) is 3.57. The fraction of sp³-hybridized carbons (Fsp3) is 0.500. The summed E-state index contributed by atoms with van der Waals surface area (Å²) in [7, 11) is -6.96. The van der Waals surface area contributed by atoms with Crippen LogP contribution in [0, 0.1) is 11.8 Å². The van der Waals surface area contributed by atoms with Gasteiger partial charge in [-0.15, -0.1) is 0 Å². The van der Waals surface area contributed by atoms with Crippen molar-refractivity contribution >= 4 is 20.0 Å². The first-order valence-corrected chi connectivity index (χ1v) is 14.3. The van der Waals surface area contributed by atoms with Crippen LogP contribution in [0.3, 0.4) is 0 Å². The maximum Gasteiger partial charge on any atom is 0.243 e. The summed E-state index contributed by atoms with van der Waals surface area (Å²) in [6, 6.07) is 13.7. The Kier molecular flexibility index (Phi) is 6.77. The Morgan fingerprint density at radius 1 is 0.562 bits per heavy atom. The number of benzene rings is 2. The van der Waals surface area contributed by atoms with Crippen molar-refractivity contribution in [2.75, 3.05) is 26.2 Å². The van der Waals surface area contributed by atoms with Gasteiger partial charge in [0.05, 0.1) is 9.79 Å². The second kappa shape index (κ2) is 9.25. The van der Waals surface area contributed by atoms with Crippen molar-refractivity contribution in [2.45, 2.75) is 49.3 Å². The molecule has 0 N–H and O–H groups in total. The van der Waals surface area contributed by atoms with Crippen LogP contribution in [-0.4, -0.2) is 51.6 Å². The molecule has 0 saturated carbocycles. The van der Waals surface area contributed by atoms with Crippen molar-refractivity contribution in [3.8, 4) is 11.1 Å². The van der Waals surface area contributed by atoms with Gasteiger partial charge in [-0.1, -0.05) is 38.1 Å². The number of sulfonamides is 2. The number of hydrogen-bond donors (Lipinski definition) is 0. The third-order valence-corrected chi connectivity index (χ3v) is 10.6. The van der Waals surface area contributed by atoms with Gasteiger partial charge in [-0.05, 0) is 72.9 Å². The Labute approximate surface area is 192 Å². The number of nitrogens with zero attached hydrogens (tertiary/aromatic N) is 2. The molecule has 2 aliphatic heterocycles.